The number of carbonyl (C=O) groups is 1. The largest absolute Gasteiger partial charge is 0.490 e. The van der Waals surface area contributed by atoms with Crippen molar-refractivity contribution in [1.82, 2.24) is 0 Å². The highest BCUT2D eigenvalue weighted by molar-refractivity contribution is 6.31. The fourth-order valence-electron chi connectivity index (χ4n) is 2.43. The Bertz CT molecular complexity index is 830. The van der Waals surface area contributed by atoms with Crippen LogP contribution in [0.2, 0.25) is 5.02 Å². The van der Waals surface area contributed by atoms with Crippen LogP contribution < -0.4 is 10.1 Å². The minimum absolute atomic E-state index is 0.0572. The van der Waals surface area contributed by atoms with Gasteiger partial charge in [0.2, 0.25) is 0 Å². The number of hydrogen-bond donors (Lipinski definition) is 2. The molecule has 0 spiro atoms. The smallest absolute Gasteiger partial charge is 0.417 e. The van der Waals surface area contributed by atoms with Gasteiger partial charge in [0, 0.05) is 18.9 Å². The molecule has 2 aromatic carbocycles. The molecule has 0 bridgehead atoms. The van der Waals surface area contributed by atoms with Crippen molar-refractivity contribution >= 4 is 23.2 Å². The summed E-state index contributed by atoms with van der Waals surface area (Å²) in [4.78, 5) is 12.5. The summed E-state index contributed by atoms with van der Waals surface area (Å²) in [7, 11) is 0. The number of alkyl halides is 3. The van der Waals surface area contributed by atoms with Crippen LogP contribution in [0.5, 0.6) is 5.75 Å². The first-order valence-electron chi connectivity index (χ1n) is 8.88. The number of amides is 1. The summed E-state index contributed by atoms with van der Waals surface area (Å²) < 4.78 is 49.6. The number of anilines is 1. The summed E-state index contributed by atoms with van der Waals surface area (Å²) in [6.45, 7) is 2.70. The number of aliphatic hydroxyl groups is 1. The van der Waals surface area contributed by atoms with E-state index < -0.39 is 28.8 Å². The first-order valence-corrected chi connectivity index (χ1v) is 9.26. The number of benzene rings is 2. The van der Waals surface area contributed by atoms with Gasteiger partial charge in [-0.1, -0.05) is 23.7 Å². The molecule has 2 aromatic rings. The van der Waals surface area contributed by atoms with Crippen molar-refractivity contribution in [1.29, 1.82) is 0 Å². The van der Waals surface area contributed by atoms with Crippen molar-refractivity contribution in [3.05, 3.63) is 58.6 Å². The van der Waals surface area contributed by atoms with Crippen LogP contribution in [0.15, 0.2) is 42.5 Å². The summed E-state index contributed by atoms with van der Waals surface area (Å²) in [5, 5.41) is 11.9. The minimum Gasteiger partial charge on any atom is -0.490 e. The van der Waals surface area contributed by atoms with E-state index in [-0.39, 0.29) is 23.6 Å². The van der Waals surface area contributed by atoms with Crippen LogP contribution in [0.4, 0.5) is 18.9 Å². The average Bonchev–Trinajstić information content (AvgIpc) is 2.67. The lowest BCUT2D eigenvalue weighted by molar-refractivity contribution is -0.137. The molecule has 0 radical (unpaired) electrons. The first-order chi connectivity index (χ1) is 13.7. The van der Waals surface area contributed by atoms with Crippen LogP contribution >= 0.6 is 11.6 Å². The topological polar surface area (TPSA) is 67.8 Å². The lowest BCUT2D eigenvalue weighted by atomic mass is 10.1. The first kappa shape index (κ1) is 23.0. The summed E-state index contributed by atoms with van der Waals surface area (Å²) in [6, 6.07) is 9.35. The van der Waals surface area contributed by atoms with Crippen molar-refractivity contribution in [3.63, 3.8) is 0 Å². The van der Waals surface area contributed by atoms with Gasteiger partial charge in [0.05, 0.1) is 22.3 Å². The quantitative estimate of drug-likeness (QED) is 0.561. The highest BCUT2D eigenvalue weighted by Gasteiger charge is 2.33. The van der Waals surface area contributed by atoms with E-state index >= 15 is 0 Å². The molecule has 0 fully saturated rings. The van der Waals surface area contributed by atoms with Gasteiger partial charge in [0.15, 0.2) is 0 Å². The maximum atomic E-state index is 13.0. The molecule has 0 aliphatic heterocycles. The van der Waals surface area contributed by atoms with E-state index in [0.717, 1.165) is 12.1 Å². The highest BCUT2D eigenvalue weighted by atomic mass is 35.5. The second kappa shape index (κ2) is 10.5. The normalized spacial score (nSPS) is 12.5. The maximum Gasteiger partial charge on any atom is 0.417 e. The van der Waals surface area contributed by atoms with Crippen molar-refractivity contribution in [2.45, 2.75) is 25.6 Å². The summed E-state index contributed by atoms with van der Waals surface area (Å²) in [5.74, 6) is -0.453. The molecule has 0 aromatic heterocycles. The zero-order valence-corrected chi connectivity index (χ0v) is 16.4. The van der Waals surface area contributed by atoms with Gasteiger partial charge in [-0.3, -0.25) is 4.79 Å². The summed E-state index contributed by atoms with van der Waals surface area (Å²) in [6.07, 6.45) is -5.06. The minimum atomic E-state index is -4.64. The zero-order valence-electron chi connectivity index (χ0n) is 15.6. The Morgan fingerprint density at radius 3 is 2.66 bits per heavy atom. The number of para-hydroxylation sites is 1. The van der Waals surface area contributed by atoms with E-state index in [1.54, 1.807) is 12.1 Å². The van der Waals surface area contributed by atoms with Crippen molar-refractivity contribution < 1.29 is 32.5 Å². The molecule has 5 nitrogen and oxygen atoms in total. The predicted octanol–water partition coefficient (Wildman–Crippen LogP) is 4.78. The number of rotatable bonds is 9. The molecule has 0 heterocycles. The van der Waals surface area contributed by atoms with Crippen LogP contribution in [0.25, 0.3) is 0 Å². The molecule has 1 amide bonds. The molecule has 0 aliphatic rings. The Labute approximate surface area is 171 Å². The third-order valence-electron chi connectivity index (χ3n) is 3.89. The van der Waals surface area contributed by atoms with Gasteiger partial charge in [0.25, 0.3) is 5.91 Å². The van der Waals surface area contributed by atoms with Gasteiger partial charge in [-0.25, -0.2) is 0 Å². The van der Waals surface area contributed by atoms with Crippen molar-refractivity contribution in [2.24, 2.45) is 0 Å². The van der Waals surface area contributed by atoms with Crippen LogP contribution in [0, 0.1) is 0 Å². The Balaban J connectivity index is 2.08. The molecular weight excluding hydrogens is 411 g/mol. The third-order valence-corrected chi connectivity index (χ3v) is 4.22. The van der Waals surface area contributed by atoms with Crippen LogP contribution in [-0.4, -0.2) is 36.9 Å². The van der Waals surface area contributed by atoms with Crippen LogP contribution in [0.1, 0.15) is 29.3 Å². The fourth-order valence-corrected chi connectivity index (χ4v) is 2.66. The van der Waals surface area contributed by atoms with Gasteiger partial charge < -0.3 is 19.9 Å². The van der Waals surface area contributed by atoms with E-state index in [0.29, 0.717) is 19.6 Å². The Kier molecular flexibility index (Phi) is 8.31. The second-order valence-corrected chi connectivity index (χ2v) is 6.50. The maximum absolute atomic E-state index is 13.0. The van der Waals surface area contributed by atoms with E-state index in [2.05, 4.69) is 5.32 Å². The van der Waals surface area contributed by atoms with E-state index in [9.17, 15) is 23.1 Å². The van der Waals surface area contributed by atoms with Crippen molar-refractivity contribution in [2.75, 3.05) is 25.1 Å². The molecule has 29 heavy (non-hydrogen) atoms. The van der Waals surface area contributed by atoms with Gasteiger partial charge in [0.1, 0.15) is 12.4 Å². The fraction of sp³-hybridized carbons (Fsp3) is 0.350. The molecule has 0 aliphatic carbocycles. The molecule has 1 atom stereocenters. The SMILES string of the molecule is CCOCC[C@@H](O)COc1ccccc1C(=O)Nc1ccc(Cl)c(C(F)(F)F)c1. The van der Waals surface area contributed by atoms with E-state index in [1.165, 1.54) is 18.2 Å². The molecule has 0 saturated heterocycles. The highest BCUT2D eigenvalue weighted by Crippen LogP contribution is 2.36. The molecule has 2 rings (SSSR count). The van der Waals surface area contributed by atoms with Crippen LogP contribution in [0.3, 0.4) is 0 Å². The van der Waals surface area contributed by atoms with Crippen LogP contribution in [-0.2, 0) is 10.9 Å². The molecule has 0 saturated carbocycles. The van der Waals surface area contributed by atoms with Gasteiger partial charge in [-0.15, -0.1) is 0 Å². The number of ether oxygens (including phenoxy) is 2. The average molecular weight is 432 g/mol. The number of carbonyl (C=O) groups excluding carboxylic acids is 1. The predicted molar refractivity (Wildman–Crippen MR) is 103 cm³/mol. The molecular formula is C20H21ClF3NO4. The Morgan fingerprint density at radius 1 is 1.24 bits per heavy atom. The monoisotopic (exact) mass is 431 g/mol. The van der Waals surface area contributed by atoms with E-state index in [4.69, 9.17) is 21.1 Å². The standard InChI is InChI=1S/C20H21ClF3NO4/c1-2-28-10-9-14(26)12-29-18-6-4-3-5-15(18)19(27)25-13-7-8-17(21)16(11-13)20(22,23)24/h3-8,11,14,26H,2,9-10,12H2,1H3,(H,25,27)/t14-/m1/s1. The van der Waals surface area contributed by atoms with Gasteiger partial charge >= 0.3 is 6.18 Å². The molecule has 2 N–H and O–H groups in total. The van der Waals surface area contributed by atoms with Gasteiger partial charge in [-0.05, 0) is 43.7 Å². The van der Waals surface area contributed by atoms with E-state index in [1.807, 2.05) is 6.92 Å². The summed E-state index contributed by atoms with van der Waals surface area (Å²) >= 11 is 5.59. The number of hydrogen-bond acceptors (Lipinski definition) is 4. The Hall–Kier alpha value is -2.29. The summed E-state index contributed by atoms with van der Waals surface area (Å²) in [5.41, 5.74) is -0.981. The molecule has 0 unspecified atom stereocenters. The number of nitrogens with one attached hydrogen (secondary N) is 1. The zero-order chi connectivity index (χ0) is 21.4. The second-order valence-electron chi connectivity index (χ2n) is 6.09. The number of halogens is 4. The van der Waals surface area contributed by atoms with Crippen molar-refractivity contribution in [3.8, 4) is 5.75 Å². The molecule has 9 heteroatoms. The third kappa shape index (κ3) is 6.92. The lowest BCUT2D eigenvalue weighted by Gasteiger charge is -2.15. The number of aliphatic hydroxyl groups excluding tert-OH is 1. The van der Waals surface area contributed by atoms with Gasteiger partial charge in [-0.2, -0.15) is 13.2 Å². The molecule has 158 valence electrons. The Morgan fingerprint density at radius 2 is 1.97 bits per heavy atom. The lowest BCUT2D eigenvalue weighted by Crippen LogP contribution is -2.21.